The third-order valence-corrected chi connectivity index (χ3v) is 5.98. The lowest BCUT2D eigenvalue weighted by Gasteiger charge is -2.10. The summed E-state index contributed by atoms with van der Waals surface area (Å²) in [6.07, 6.45) is 0. The highest BCUT2D eigenvalue weighted by Crippen LogP contribution is 2.31. The van der Waals surface area contributed by atoms with Crippen LogP contribution in [0.25, 0.3) is 21.5 Å². The summed E-state index contributed by atoms with van der Waals surface area (Å²) < 4.78 is 7.51. The normalized spacial score (nSPS) is 11.1. The van der Waals surface area contributed by atoms with Crippen LogP contribution in [-0.4, -0.2) is 21.9 Å². The Hall–Kier alpha value is -2.41. The van der Waals surface area contributed by atoms with Crippen LogP contribution in [0.3, 0.4) is 0 Å². The number of rotatable bonds is 4. The Labute approximate surface area is 175 Å². The van der Waals surface area contributed by atoms with Gasteiger partial charge in [-0.05, 0) is 36.8 Å². The van der Waals surface area contributed by atoms with E-state index in [-0.39, 0.29) is 12.1 Å². The van der Waals surface area contributed by atoms with Gasteiger partial charge in [0.2, 0.25) is 0 Å². The molecule has 2 aromatic carbocycles. The topological polar surface area (TPSA) is 57.0 Å². The van der Waals surface area contributed by atoms with Gasteiger partial charge in [0.15, 0.2) is 5.52 Å². The van der Waals surface area contributed by atoms with Gasteiger partial charge < -0.3 is 4.74 Å². The van der Waals surface area contributed by atoms with E-state index in [0.29, 0.717) is 21.3 Å². The number of fused-ring (bicyclic) bond motifs is 1. The average Bonchev–Trinajstić information content (AvgIpc) is 3.09. The Morgan fingerprint density at radius 1 is 1.14 bits per heavy atom. The van der Waals surface area contributed by atoms with Gasteiger partial charge in [-0.1, -0.05) is 41.4 Å². The molecule has 0 spiro atoms. The summed E-state index contributed by atoms with van der Waals surface area (Å²) in [5.74, 6) is 0.718. The monoisotopic (exact) mass is 431 g/mol. The molecule has 142 valence electrons. The first-order valence-electron chi connectivity index (χ1n) is 8.43. The molecule has 8 heteroatoms. The fraction of sp³-hybridized carbons (Fsp3) is 0.150. The fourth-order valence-corrected chi connectivity index (χ4v) is 4.18. The van der Waals surface area contributed by atoms with E-state index in [1.54, 1.807) is 19.2 Å². The average molecular weight is 432 g/mol. The second kappa shape index (κ2) is 7.54. The van der Waals surface area contributed by atoms with Crippen LogP contribution in [0.5, 0.6) is 5.75 Å². The molecule has 5 nitrogen and oxygen atoms in total. The molecule has 0 amide bonds. The van der Waals surface area contributed by atoms with Gasteiger partial charge in [-0.25, -0.2) is 9.67 Å². The molecule has 0 aliphatic heterocycles. The molecule has 2 aromatic heterocycles. The molecule has 4 rings (SSSR count). The first-order valence-corrected chi connectivity index (χ1v) is 10.00. The zero-order chi connectivity index (χ0) is 19.8. The Morgan fingerprint density at radius 2 is 1.96 bits per heavy atom. The van der Waals surface area contributed by atoms with Crippen molar-refractivity contribution < 1.29 is 4.74 Å². The van der Waals surface area contributed by atoms with Crippen LogP contribution in [0.1, 0.15) is 10.6 Å². The van der Waals surface area contributed by atoms with E-state index in [9.17, 15) is 4.79 Å². The smallest absolute Gasteiger partial charge is 0.294 e. The predicted molar refractivity (Wildman–Crippen MR) is 114 cm³/mol. The highest BCUT2D eigenvalue weighted by molar-refractivity contribution is 7.19. The third kappa shape index (κ3) is 3.51. The van der Waals surface area contributed by atoms with Crippen molar-refractivity contribution in [1.82, 2.24) is 14.8 Å². The quantitative estimate of drug-likeness (QED) is 0.445. The van der Waals surface area contributed by atoms with Crippen LogP contribution >= 0.6 is 34.5 Å². The van der Waals surface area contributed by atoms with Gasteiger partial charge in [0.05, 0.1) is 33.4 Å². The van der Waals surface area contributed by atoms with Crippen molar-refractivity contribution in [2.75, 3.05) is 7.11 Å². The maximum atomic E-state index is 13.0. The van der Waals surface area contributed by atoms with Gasteiger partial charge in [0.1, 0.15) is 11.4 Å². The van der Waals surface area contributed by atoms with Crippen molar-refractivity contribution in [2.24, 2.45) is 0 Å². The number of methoxy groups -OCH3 is 1. The molecular weight excluding hydrogens is 417 g/mol. The molecule has 0 radical (unpaired) electrons. The van der Waals surface area contributed by atoms with Crippen LogP contribution in [0.15, 0.2) is 47.3 Å². The van der Waals surface area contributed by atoms with Gasteiger partial charge in [-0.2, -0.15) is 5.10 Å². The van der Waals surface area contributed by atoms with Crippen LogP contribution in [-0.2, 0) is 6.54 Å². The summed E-state index contributed by atoms with van der Waals surface area (Å²) in [5.41, 5.74) is 2.55. The summed E-state index contributed by atoms with van der Waals surface area (Å²) >= 11 is 13.6. The van der Waals surface area contributed by atoms with Crippen LogP contribution < -0.4 is 10.3 Å². The number of nitrogens with zero attached hydrogens (tertiary/aromatic N) is 3. The number of thiazole rings is 1. The van der Waals surface area contributed by atoms with Crippen LogP contribution in [0, 0.1) is 6.92 Å². The van der Waals surface area contributed by atoms with Crippen LogP contribution in [0.4, 0.5) is 0 Å². The van der Waals surface area contributed by atoms with Crippen LogP contribution in [0.2, 0.25) is 10.0 Å². The number of halogens is 2. The highest BCUT2D eigenvalue weighted by atomic mass is 35.5. The fourth-order valence-electron chi connectivity index (χ4n) is 2.94. The number of hydrogen-bond acceptors (Lipinski definition) is 5. The maximum Gasteiger partial charge on any atom is 0.294 e. The van der Waals surface area contributed by atoms with Crippen molar-refractivity contribution in [3.05, 3.63) is 73.4 Å². The Balaban J connectivity index is 1.90. The second-order valence-electron chi connectivity index (χ2n) is 6.20. The largest absolute Gasteiger partial charge is 0.497 e. The predicted octanol–water partition coefficient (Wildman–Crippen LogP) is 5.19. The lowest BCUT2D eigenvalue weighted by molar-refractivity contribution is 0.415. The first kappa shape index (κ1) is 18.9. The van der Waals surface area contributed by atoms with Gasteiger partial charge in [0.25, 0.3) is 5.56 Å². The van der Waals surface area contributed by atoms with E-state index in [1.807, 2.05) is 37.3 Å². The SMILES string of the molecule is COc1cccc(-c2nn(Cc3ccc(Cl)c(Cl)c3)c(=O)c3nc(C)sc23)c1. The second-order valence-corrected chi connectivity index (χ2v) is 8.22. The maximum absolute atomic E-state index is 13.0. The van der Waals surface area contributed by atoms with Gasteiger partial charge in [0, 0.05) is 5.56 Å². The first-order chi connectivity index (χ1) is 13.5. The molecule has 2 heterocycles. The number of hydrogen-bond donors (Lipinski definition) is 0. The number of ether oxygens (including phenoxy) is 1. The lowest BCUT2D eigenvalue weighted by Crippen LogP contribution is -2.24. The minimum Gasteiger partial charge on any atom is -0.497 e. The zero-order valence-electron chi connectivity index (χ0n) is 15.1. The van der Waals surface area contributed by atoms with E-state index < -0.39 is 0 Å². The lowest BCUT2D eigenvalue weighted by atomic mass is 10.1. The number of benzene rings is 2. The van der Waals surface area contributed by atoms with Gasteiger partial charge in [-0.3, -0.25) is 4.79 Å². The zero-order valence-corrected chi connectivity index (χ0v) is 17.4. The third-order valence-electron chi connectivity index (χ3n) is 4.27. The van der Waals surface area contributed by atoms with Gasteiger partial charge in [-0.15, -0.1) is 11.3 Å². The van der Waals surface area contributed by atoms with E-state index in [0.717, 1.165) is 26.6 Å². The van der Waals surface area contributed by atoms with E-state index in [2.05, 4.69) is 10.1 Å². The molecule has 0 atom stereocenters. The van der Waals surface area contributed by atoms with Crippen molar-refractivity contribution in [3.63, 3.8) is 0 Å². The molecule has 0 saturated carbocycles. The molecule has 0 fully saturated rings. The van der Waals surface area contributed by atoms with Crippen molar-refractivity contribution in [1.29, 1.82) is 0 Å². The Kier molecular flexibility index (Phi) is 5.10. The van der Waals surface area contributed by atoms with Crippen molar-refractivity contribution in [3.8, 4) is 17.0 Å². The standard InChI is InChI=1S/C20H15Cl2N3O2S/c1-11-23-18-19(28-11)17(13-4-3-5-14(9-13)27-2)24-25(20(18)26)10-12-6-7-15(21)16(22)8-12/h3-9H,10H2,1-2H3. The van der Waals surface area contributed by atoms with Gasteiger partial charge >= 0.3 is 0 Å². The van der Waals surface area contributed by atoms with E-state index in [4.69, 9.17) is 27.9 Å². The minimum atomic E-state index is -0.239. The van der Waals surface area contributed by atoms with Crippen molar-refractivity contribution in [2.45, 2.75) is 13.5 Å². The molecular formula is C20H15Cl2N3O2S. The Bertz CT molecular complexity index is 1250. The molecule has 0 bridgehead atoms. The summed E-state index contributed by atoms with van der Waals surface area (Å²) in [5, 5.41) is 6.36. The molecule has 0 N–H and O–H groups in total. The highest BCUT2D eigenvalue weighted by Gasteiger charge is 2.17. The Morgan fingerprint density at radius 3 is 2.71 bits per heavy atom. The number of aryl methyl sites for hydroxylation is 1. The van der Waals surface area contributed by atoms with E-state index in [1.165, 1.54) is 16.0 Å². The molecule has 4 aromatic rings. The molecule has 28 heavy (non-hydrogen) atoms. The van der Waals surface area contributed by atoms with Crippen molar-refractivity contribution >= 4 is 44.8 Å². The molecule has 0 saturated heterocycles. The summed E-state index contributed by atoms with van der Waals surface area (Å²) in [7, 11) is 1.62. The number of aromatic nitrogens is 3. The summed E-state index contributed by atoms with van der Waals surface area (Å²) in [6, 6.07) is 12.9. The molecule has 0 aliphatic rings. The minimum absolute atomic E-state index is 0.239. The molecule has 0 aliphatic carbocycles. The molecule has 0 unspecified atom stereocenters. The summed E-state index contributed by atoms with van der Waals surface area (Å²) in [6.45, 7) is 2.14. The summed E-state index contributed by atoms with van der Waals surface area (Å²) in [4.78, 5) is 17.4. The van der Waals surface area contributed by atoms with E-state index >= 15 is 0 Å².